The van der Waals surface area contributed by atoms with Gasteiger partial charge in [-0.05, 0) is 16.7 Å². The maximum atomic E-state index is 11.9. The van der Waals surface area contributed by atoms with Gasteiger partial charge in [-0.15, -0.1) is 0 Å². The molecule has 0 unspecified atom stereocenters. The molecule has 1 aromatic heterocycles. The third-order valence-corrected chi connectivity index (χ3v) is 4.95. The van der Waals surface area contributed by atoms with Gasteiger partial charge in [0, 0.05) is 0 Å². The molecule has 0 saturated heterocycles. The smallest absolute Gasteiger partial charge is 0.185 e. The van der Waals surface area contributed by atoms with Crippen LogP contribution in [0.3, 0.4) is 0 Å². The van der Waals surface area contributed by atoms with Gasteiger partial charge >= 0.3 is 0 Å². The molecule has 0 fully saturated rings. The van der Waals surface area contributed by atoms with E-state index in [1.165, 1.54) is 6.20 Å². The SMILES string of the molecule is O=Cc1cnc(C=O)n1C(c1ccccc1)(c1ccccc1)c1ccccc1. The lowest BCUT2D eigenvalue weighted by atomic mass is 9.76. The minimum Gasteiger partial charge on any atom is -0.301 e. The average Bonchev–Trinajstić information content (AvgIpc) is 3.20. The minimum atomic E-state index is -0.924. The van der Waals surface area contributed by atoms with Crippen LogP contribution < -0.4 is 0 Å². The number of aromatic nitrogens is 2. The molecule has 3 aromatic carbocycles. The number of nitrogens with zero attached hydrogens (tertiary/aromatic N) is 2. The molecule has 0 N–H and O–H groups in total. The predicted molar refractivity (Wildman–Crippen MR) is 108 cm³/mol. The first kappa shape index (κ1) is 17.6. The second kappa shape index (κ2) is 7.45. The van der Waals surface area contributed by atoms with E-state index >= 15 is 0 Å². The Balaban J connectivity index is 2.22. The number of carbonyl (C=O) groups excluding carboxylic acids is 2. The lowest BCUT2D eigenvalue weighted by Crippen LogP contribution is -2.40. The van der Waals surface area contributed by atoms with Crippen LogP contribution >= 0.6 is 0 Å². The van der Waals surface area contributed by atoms with Gasteiger partial charge in [0.25, 0.3) is 0 Å². The molecular formula is C24H18N2O2. The van der Waals surface area contributed by atoms with Gasteiger partial charge in [-0.3, -0.25) is 9.59 Å². The normalized spacial score (nSPS) is 11.1. The summed E-state index contributed by atoms with van der Waals surface area (Å²) in [6.07, 6.45) is 2.88. The summed E-state index contributed by atoms with van der Waals surface area (Å²) in [5.74, 6) is 0.193. The predicted octanol–water partition coefficient (Wildman–Crippen LogP) is 4.35. The number of imidazole rings is 1. The molecule has 0 spiro atoms. The summed E-state index contributed by atoms with van der Waals surface area (Å²) < 4.78 is 1.73. The van der Waals surface area contributed by atoms with E-state index in [0.717, 1.165) is 23.0 Å². The van der Waals surface area contributed by atoms with Crippen molar-refractivity contribution in [2.75, 3.05) is 0 Å². The van der Waals surface area contributed by atoms with Crippen molar-refractivity contribution in [3.63, 3.8) is 0 Å². The highest BCUT2D eigenvalue weighted by atomic mass is 16.1. The van der Waals surface area contributed by atoms with Crippen LogP contribution in [0.15, 0.2) is 97.2 Å². The molecule has 0 bridgehead atoms. The van der Waals surface area contributed by atoms with Crippen molar-refractivity contribution in [2.45, 2.75) is 5.54 Å². The molecule has 4 rings (SSSR count). The molecular weight excluding hydrogens is 348 g/mol. The Labute approximate surface area is 163 Å². The fourth-order valence-electron chi connectivity index (χ4n) is 3.84. The molecule has 0 amide bonds. The van der Waals surface area contributed by atoms with Crippen molar-refractivity contribution >= 4 is 12.6 Å². The maximum absolute atomic E-state index is 11.9. The summed E-state index contributed by atoms with van der Waals surface area (Å²) in [6, 6.07) is 29.6. The topological polar surface area (TPSA) is 52.0 Å². The highest BCUT2D eigenvalue weighted by Gasteiger charge is 2.41. The Kier molecular flexibility index (Phi) is 4.68. The van der Waals surface area contributed by atoms with Crippen LogP contribution in [0.5, 0.6) is 0 Å². The summed E-state index contributed by atoms with van der Waals surface area (Å²) in [6.45, 7) is 0. The molecule has 4 heteroatoms. The number of benzene rings is 3. The van der Waals surface area contributed by atoms with Gasteiger partial charge in [-0.2, -0.15) is 0 Å². The second-order valence-corrected chi connectivity index (χ2v) is 6.42. The lowest BCUT2D eigenvalue weighted by Gasteiger charge is -2.38. The molecule has 0 aliphatic rings. The summed E-state index contributed by atoms with van der Waals surface area (Å²) in [5.41, 5.74) is 2.19. The van der Waals surface area contributed by atoms with E-state index in [1.807, 2.05) is 91.0 Å². The zero-order valence-electron chi connectivity index (χ0n) is 15.1. The Hall–Kier alpha value is -3.79. The van der Waals surface area contributed by atoms with Crippen molar-refractivity contribution in [3.05, 3.63) is 125 Å². The Morgan fingerprint density at radius 2 is 1.07 bits per heavy atom. The molecule has 0 aliphatic heterocycles. The number of hydrogen-bond donors (Lipinski definition) is 0. The molecule has 0 saturated carbocycles. The minimum absolute atomic E-state index is 0.193. The van der Waals surface area contributed by atoms with E-state index in [4.69, 9.17) is 0 Å². The number of rotatable bonds is 6. The van der Waals surface area contributed by atoms with Gasteiger partial charge in [0.15, 0.2) is 18.4 Å². The highest BCUT2D eigenvalue weighted by Crippen LogP contribution is 2.42. The van der Waals surface area contributed by atoms with Crippen molar-refractivity contribution in [3.8, 4) is 0 Å². The van der Waals surface area contributed by atoms with E-state index in [1.54, 1.807) is 4.57 Å². The van der Waals surface area contributed by atoms with Gasteiger partial charge in [0.2, 0.25) is 0 Å². The quantitative estimate of drug-likeness (QED) is 0.377. The first-order valence-corrected chi connectivity index (χ1v) is 8.97. The van der Waals surface area contributed by atoms with E-state index < -0.39 is 5.54 Å². The molecule has 4 aromatic rings. The van der Waals surface area contributed by atoms with Crippen molar-refractivity contribution in [1.29, 1.82) is 0 Å². The first-order chi connectivity index (χ1) is 13.8. The molecule has 4 nitrogen and oxygen atoms in total. The van der Waals surface area contributed by atoms with Crippen LogP contribution in [0, 0.1) is 0 Å². The van der Waals surface area contributed by atoms with Gasteiger partial charge in [0.05, 0.1) is 6.20 Å². The monoisotopic (exact) mass is 366 g/mol. The highest BCUT2D eigenvalue weighted by molar-refractivity contribution is 5.78. The Bertz CT molecular complexity index is 965. The van der Waals surface area contributed by atoms with Crippen molar-refractivity contribution in [1.82, 2.24) is 9.55 Å². The summed E-state index contributed by atoms with van der Waals surface area (Å²) >= 11 is 0. The zero-order chi connectivity index (χ0) is 19.4. The molecule has 0 aliphatic carbocycles. The average molecular weight is 366 g/mol. The molecule has 28 heavy (non-hydrogen) atoms. The van der Waals surface area contributed by atoms with E-state index in [9.17, 15) is 9.59 Å². The van der Waals surface area contributed by atoms with Gasteiger partial charge in [0.1, 0.15) is 11.2 Å². The third kappa shape index (κ3) is 2.67. The standard InChI is InChI=1S/C24H18N2O2/c27-17-22-16-25-23(18-28)26(22)24(19-10-4-1-5-11-19,20-12-6-2-7-13-20)21-14-8-3-9-15-21/h1-18H. The Morgan fingerprint density at radius 1 is 0.643 bits per heavy atom. The van der Waals surface area contributed by atoms with Crippen molar-refractivity contribution < 1.29 is 9.59 Å². The fraction of sp³-hybridized carbons (Fsp3) is 0.0417. The number of carbonyl (C=O) groups is 2. The molecule has 1 heterocycles. The number of aldehydes is 2. The van der Waals surface area contributed by atoms with Crippen LogP contribution in [0.4, 0.5) is 0 Å². The third-order valence-electron chi connectivity index (χ3n) is 4.95. The molecule has 136 valence electrons. The van der Waals surface area contributed by atoms with Gasteiger partial charge in [-0.1, -0.05) is 91.0 Å². The van der Waals surface area contributed by atoms with Crippen LogP contribution in [0.1, 0.15) is 37.8 Å². The van der Waals surface area contributed by atoms with Crippen LogP contribution in [-0.2, 0) is 5.54 Å². The molecule has 0 radical (unpaired) electrons. The largest absolute Gasteiger partial charge is 0.301 e. The van der Waals surface area contributed by atoms with Gasteiger partial charge < -0.3 is 4.57 Å². The summed E-state index contributed by atoms with van der Waals surface area (Å²) in [4.78, 5) is 28.0. The first-order valence-electron chi connectivity index (χ1n) is 8.97. The van der Waals surface area contributed by atoms with Crippen LogP contribution in [0.25, 0.3) is 0 Å². The number of hydrogen-bond acceptors (Lipinski definition) is 3. The van der Waals surface area contributed by atoms with Crippen LogP contribution in [-0.4, -0.2) is 22.1 Å². The second-order valence-electron chi connectivity index (χ2n) is 6.42. The molecule has 0 atom stereocenters. The van der Waals surface area contributed by atoms with E-state index in [2.05, 4.69) is 4.98 Å². The Morgan fingerprint density at radius 3 is 1.43 bits per heavy atom. The fourth-order valence-corrected chi connectivity index (χ4v) is 3.84. The van der Waals surface area contributed by atoms with E-state index in [-0.39, 0.29) is 5.82 Å². The lowest BCUT2D eigenvalue weighted by molar-refractivity contribution is 0.110. The van der Waals surface area contributed by atoms with Crippen LogP contribution in [0.2, 0.25) is 0 Å². The van der Waals surface area contributed by atoms with Crippen molar-refractivity contribution in [2.24, 2.45) is 0 Å². The zero-order valence-corrected chi connectivity index (χ0v) is 15.1. The summed E-state index contributed by atoms with van der Waals surface area (Å²) in [7, 11) is 0. The van der Waals surface area contributed by atoms with Gasteiger partial charge in [-0.25, -0.2) is 4.98 Å². The summed E-state index contributed by atoms with van der Waals surface area (Å²) in [5, 5.41) is 0. The van der Waals surface area contributed by atoms with E-state index in [0.29, 0.717) is 12.0 Å². The maximum Gasteiger partial charge on any atom is 0.185 e.